The van der Waals surface area contributed by atoms with Crippen molar-refractivity contribution in [2.24, 2.45) is 0 Å². The second kappa shape index (κ2) is 6.02. The van der Waals surface area contributed by atoms with Crippen molar-refractivity contribution in [2.45, 2.75) is 25.4 Å². The van der Waals surface area contributed by atoms with E-state index in [1.54, 1.807) is 0 Å². The zero-order valence-corrected chi connectivity index (χ0v) is 16.8. The molecule has 150 valence electrons. The molecular formula is C25H22N2O3. The smallest absolute Gasteiger partial charge is 0.340 e. The van der Waals surface area contributed by atoms with Crippen LogP contribution in [0.15, 0.2) is 54.6 Å². The Morgan fingerprint density at radius 2 is 1.70 bits per heavy atom. The number of carbonyl (C=O) groups excluding carboxylic acids is 1. The summed E-state index contributed by atoms with van der Waals surface area (Å²) < 4.78 is 12.6. The monoisotopic (exact) mass is 398 g/mol. The number of nitrogens with two attached hydrogens (primary N) is 1. The second-order valence-electron chi connectivity index (χ2n) is 8.30. The quantitative estimate of drug-likeness (QED) is 0.474. The fraction of sp³-hybridized carbons (Fsp3) is 0.240. The number of carbonyl (C=O) groups is 1. The van der Waals surface area contributed by atoms with E-state index >= 15 is 0 Å². The maximum absolute atomic E-state index is 12.9. The predicted molar refractivity (Wildman–Crippen MR) is 115 cm³/mol. The Hall–Kier alpha value is -3.47. The van der Waals surface area contributed by atoms with Gasteiger partial charge in [0.05, 0.1) is 5.56 Å². The van der Waals surface area contributed by atoms with Crippen LogP contribution in [0.4, 0.5) is 11.4 Å². The molecule has 1 saturated heterocycles. The molecule has 3 aromatic rings. The molecule has 0 radical (unpaired) electrons. The van der Waals surface area contributed by atoms with Crippen LogP contribution in [0.1, 0.15) is 45.5 Å². The van der Waals surface area contributed by atoms with Crippen molar-refractivity contribution < 1.29 is 14.3 Å². The lowest BCUT2D eigenvalue weighted by molar-refractivity contribution is 0.0224. The first kappa shape index (κ1) is 17.4. The molecule has 3 aliphatic rings. The van der Waals surface area contributed by atoms with Crippen molar-refractivity contribution in [3.8, 4) is 11.5 Å². The summed E-state index contributed by atoms with van der Waals surface area (Å²) in [7, 11) is 0. The van der Waals surface area contributed by atoms with Crippen LogP contribution < -0.4 is 15.4 Å². The zero-order valence-electron chi connectivity index (χ0n) is 16.8. The van der Waals surface area contributed by atoms with Crippen molar-refractivity contribution in [3.05, 3.63) is 82.4 Å². The summed E-state index contributed by atoms with van der Waals surface area (Å²) in [6.07, 6.45) is 2.41. The third kappa shape index (κ3) is 2.20. The molecule has 0 aromatic heterocycles. The number of nitrogen functional groups attached to an aromatic ring is 1. The number of hydrogen-bond acceptors (Lipinski definition) is 5. The summed E-state index contributed by atoms with van der Waals surface area (Å²) in [4.78, 5) is 15.3. The van der Waals surface area contributed by atoms with Gasteiger partial charge < -0.3 is 20.1 Å². The summed E-state index contributed by atoms with van der Waals surface area (Å²) in [5.74, 6) is 1.07. The van der Waals surface area contributed by atoms with Gasteiger partial charge in [0, 0.05) is 47.2 Å². The third-order valence-corrected chi connectivity index (χ3v) is 6.56. The minimum absolute atomic E-state index is 0.327. The summed E-state index contributed by atoms with van der Waals surface area (Å²) in [5, 5.41) is 0. The van der Waals surface area contributed by atoms with Gasteiger partial charge in [-0.05, 0) is 55.7 Å². The van der Waals surface area contributed by atoms with Crippen molar-refractivity contribution >= 4 is 17.3 Å². The standard InChI is InChI=1S/C25H22N2O3/c1-15-12-22-20(14-21(15)26)25(18-7-3-2-6-17(18)24(28)30-25)19-9-8-16(13-23(19)29-22)27-10-4-5-11-27/h2-3,6-9,12-14H,4-5,10-11,26H2,1H3. The van der Waals surface area contributed by atoms with Crippen molar-refractivity contribution in [3.63, 3.8) is 0 Å². The number of esters is 1. The molecule has 1 unspecified atom stereocenters. The average Bonchev–Trinajstić information content (AvgIpc) is 3.38. The number of aryl methyl sites for hydroxylation is 1. The Morgan fingerprint density at radius 3 is 2.53 bits per heavy atom. The van der Waals surface area contributed by atoms with Gasteiger partial charge in [-0.2, -0.15) is 0 Å². The number of nitrogens with zero attached hydrogens (tertiary/aromatic N) is 1. The van der Waals surface area contributed by atoms with Crippen LogP contribution >= 0.6 is 0 Å². The van der Waals surface area contributed by atoms with Gasteiger partial charge in [-0.15, -0.1) is 0 Å². The van der Waals surface area contributed by atoms with Gasteiger partial charge in [0.25, 0.3) is 0 Å². The van der Waals surface area contributed by atoms with E-state index in [4.69, 9.17) is 15.2 Å². The number of hydrogen-bond donors (Lipinski definition) is 1. The van der Waals surface area contributed by atoms with E-state index in [0.29, 0.717) is 17.0 Å². The fourth-order valence-electron chi connectivity index (χ4n) is 5.00. The van der Waals surface area contributed by atoms with Crippen LogP contribution in [0.5, 0.6) is 11.5 Å². The lowest BCUT2D eigenvalue weighted by Gasteiger charge is -2.37. The number of anilines is 2. The summed E-state index contributed by atoms with van der Waals surface area (Å²) in [5.41, 5.74) is 10.9. The highest BCUT2D eigenvalue weighted by Crippen LogP contribution is 2.57. The first-order valence-corrected chi connectivity index (χ1v) is 10.4. The van der Waals surface area contributed by atoms with E-state index in [1.165, 1.54) is 12.8 Å². The maximum atomic E-state index is 12.9. The Labute approximate surface area is 175 Å². The third-order valence-electron chi connectivity index (χ3n) is 6.56. The van der Waals surface area contributed by atoms with Gasteiger partial charge >= 0.3 is 5.97 Å². The van der Waals surface area contributed by atoms with Crippen molar-refractivity contribution in [1.82, 2.24) is 0 Å². The van der Waals surface area contributed by atoms with Crippen molar-refractivity contribution in [2.75, 3.05) is 23.7 Å². The summed E-state index contributed by atoms with van der Waals surface area (Å²) in [6, 6.07) is 17.6. The van der Waals surface area contributed by atoms with Gasteiger partial charge in [-0.1, -0.05) is 18.2 Å². The highest BCUT2D eigenvalue weighted by atomic mass is 16.6. The molecular weight excluding hydrogens is 376 g/mol. The molecule has 3 heterocycles. The molecule has 6 rings (SSSR count). The fourth-order valence-corrected chi connectivity index (χ4v) is 5.00. The molecule has 5 nitrogen and oxygen atoms in total. The second-order valence-corrected chi connectivity index (χ2v) is 8.30. The highest BCUT2D eigenvalue weighted by molar-refractivity contribution is 5.97. The van der Waals surface area contributed by atoms with Gasteiger partial charge in [0.15, 0.2) is 5.60 Å². The van der Waals surface area contributed by atoms with Crippen molar-refractivity contribution in [1.29, 1.82) is 0 Å². The van der Waals surface area contributed by atoms with Gasteiger partial charge in [0.2, 0.25) is 0 Å². The Bertz CT molecular complexity index is 1210. The molecule has 30 heavy (non-hydrogen) atoms. The van der Waals surface area contributed by atoms with Crippen LogP contribution in [-0.4, -0.2) is 19.1 Å². The Kier molecular flexibility index (Phi) is 3.49. The molecule has 0 bridgehead atoms. The summed E-state index contributed by atoms with van der Waals surface area (Å²) >= 11 is 0. The lowest BCUT2D eigenvalue weighted by Crippen LogP contribution is -2.33. The zero-order chi connectivity index (χ0) is 20.5. The molecule has 0 amide bonds. The average molecular weight is 398 g/mol. The van der Waals surface area contributed by atoms with E-state index < -0.39 is 5.60 Å². The molecule has 1 spiro atoms. The van der Waals surface area contributed by atoms with E-state index in [1.807, 2.05) is 49.4 Å². The first-order chi connectivity index (χ1) is 14.6. The molecule has 1 fully saturated rings. The lowest BCUT2D eigenvalue weighted by atomic mass is 9.77. The number of rotatable bonds is 1. The van der Waals surface area contributed by atoms with Crippen LogP contribution in [0.3, 0.4) is 0 Å². The number of benzene rings is 3. The van der Waals surface area contributed by atoms with Crippen LogP contribution in [0, 0.1) is 6.92 Å². The molecule has 5 heteroatoms. The number of ether oxygens (including phenoxy) is 2. The highest BCUT2D eigenvalue weighted by Gasteiger charge is 2.53. The van der Waals surface area contributed by atoms with E-state index in [2.05, 4.69) is 17.0 Å². The molecule has 0 saturated carbocycles. The Morgan fingerprint density at radius 1 is 0.933 bits per heavy atom. The van der Waals surface area contributed by atoms with Crippen LogP contribution in [-0.2, 0) is 10.3 Å². The SMILES string of the molecule is Cc1cc2c(cc1N)C1(OC(=O)c3ccccc31)c1ccc(N3CCCC3)cc1O2. The molecule has 3 aromatic carbocycles. The minimum atomic E-state index is -1.05. The van der Waals surface area contributed by atoms with E-state index in [9.17, 15) is 4.79 Å². The van der Waals surface area contributed by atoms with Crippen LogP contribution in [0.2, 0.25) is 0 Å². The van der Waals surface area contributed by atoms with Crippen LogP contribution in [0.25, 0.3) is 0 Å². The van der Waals surface area contributed by atoms with E-state index in [-0.39, 0.29) is 5.97 Å². The van der Waals surface area contributed by atoms with Gasteiger partial charge in [-0.25, -0.2) is 4.79 Å². The first-order valence-electron chi connectivity index (χ1n) is 10.4. The normalized spacial score (nSPS) is 21.1. The molecule has 1 atom stereocenters. The Balaban J connectivity index is 1.64. The van der Waals surface area contributed by atoms with E-state index in [0.717, 1.165) is 46.8 Å². The molecule has 3 aliphatic heterocycles. The molecule has 2 N–H and O–H groups in total. The van der Waals surface area contributed by atoms with Gasteiger partial charge in [-0.3, -0.25) is 0 Å². The van der Waals surface area contributed by atoms with Gasteiger partial charge in [0.1, 0.15) is 11.5 Å². The topological polar surface area (TPSA) is 64.8 Å². The maximum Gasteiger partial charge on any atom is 0.340 e. The number of fused-ring (bicyclic) bond motifs is 6. The molecule has 0 aliphatic carbocycles. The largest absolute Gasteiger partial charge is 0.456 e. The minimum Gasteiger partial charge on any atom is -0.456 e. The summed E-state index contributed by atoms with van der Waals surface area (Å²) in [6.45, 7) is 4.05. The predicted octanol–water partition coefficient (Wildman–Crippen LogP) is 4.75.